The summed E-state index contributed by atoms with van der Waals surface area (Å²) in [5.41, 5.74) is 1.26. The maximum atomic E-state index is 11.1. The highest BCUT2D eigenvalue weighted by molar-refractivity contribution is 5.46. The van der Waals surface area contributed by atoms with Gasteiger partial charge >= 0.3 is 0 Å². The highest BCUT2D eigenvalue weighted by Crippen LogP contribution is 2.32. The molecule has 0 bridgehead atoms. The Labute approximate surface area is 151 Å². The highest BCUT2D eigenvalue weighted by Gasteiger charge is 2.29. The first kappa shape index (κ1) is 19.1. The summed E-state index contributed by atoms with van der Waals surface area (Å²) in [6.45, 7) is 4.45. The molecule has 0 amide bonds. The van der Waals surface area contributed by atoms with Crippen LogP contribution in [-0.2, 0) is 5.60 Å². The average Bonchev–Trinajstić information content (AvgIpc) is 2.68. The molecule has 0 radical (unpaired) electrons. The van der Waals surface area contributed by atoms with Crippen molar-refractivity contribution in [2.75, 3.05) is 7.11 Å². The summed E-state index contributed by atoms with van der Waals surface area (Å²) in [4.78, 5) is 0. The minimum absolute atomic E-state index is 0.564. The maximum Gasteiger partial charge on any atom is 0.176 e. The summed E-state index contributed by atoms with van der Waals surface area (Å²) in [6, 6.07) is 15.3. The number of methoxy groups -OCH3 is 1. The van der Waals surface area contributed by atoms with Crippen molar-refractivity contribution in [1.29, 1.82) is 0 Å². The second-order valence-corrected chi connectivity index (χ2v) is 6.45. The van der Waals surface area contributed by atoms with E-state index >= 15 is 0 Å². The van der Waals surface area contributed by atoms with Gasteiger partial charge in [-0.1, -0.05) is 69.0 Å². The van der Waals surface area contributed by atoms with Gasteiger partial charge in [-0.25, -0.2) is 0 Å². The van der Waals surface area contributed by atoms with E-state index in [0.29, 0.717) is 17.0 Å². The molecule has 25 heavy (non-hydrogen) atoms. The van der Waals surface area contributed by atoms with Crippen molar-refractivity contribution in [3.05, 3.63) is 65.2 Å². The number of unbranched alkanes of at least 4 members (excludes halogenated alkanes) is 1. The summed E-state index contributed by atoms with van der Waals surface area (Å²) < 4.78 is 5.17. The predicted octanol–water partition coefficient (Wildman–Crippen LogP) is 5.25. The van der Waals surface area contributed by atoms with Crippen LogP contribution in [0, 0.1) is 12.3 Å². The van der Waals surface area contributed by atoms with E-state index in [2.05, 4.69) is 31.9 Å². The zero-order chi connectivity index (χ0) is 18.3. The lowest BCUT2D eigenvalue weighted by atomic mass is 9.84. The molecule has 0 fully saturated rings. The lowest BCUT2D eigenvalue weighted by molar-refractivity contribution is 0.145. The van der Waals surface area contributed by atoms with Crippen molar-refractivity contribution in [2.45, 2.75) is 51.0 Å². The molecule has 2 unspecified atom stereocenters. The van der Waals surface area contributed by atoms with Crippen molar-refractivity contribution >= 4 is 0 Å². The van der Waals surface area contributed by atoms with Crippen LogP contribution in [0.3, 0.4) is 0 Å². The smallest absolute Gasteiger partial charge is 0.176 e. The van der Waals surface area contributed by atoms with Crippen molar-refractivity contribution < 1.29 is 9.84 Å². The third kappa shape index (κ3) is 4.24. The van der Waals surface area contributed by atoms with E-state index < -0.39 is 5.60 Å². The van der Waals surface area contributed by atoms with Gasteiger partial charge in [0.15, 0.2) is 5.60 Å². The summed E-state index contributed by atoms with van der Waals surface area (Å²) in [7, 11) is 1.61. The third-order valence-electron chi connectivity index (χ3n) is 4.92. The standard InChI is InChI=1S/C23H28O2/c1-5-8-9-18(6-2)19-10-12-20(13-11-19)23(24,7-3)21-14-16-22(25-4)17-15-21/h3,10-18,24H,5-6,8-9H2,1-2,4H3. The minimum Gasteiger partial charge on any atom is -0.497 e. The quantitative estimate of drug-likeness (QED) is 0.667. The summed E-state index contributed by atoms with van der Waals surface area (Å²) in [5.74, 6) is 3.86. The van der Waals surface area contributed by atoms with Gasteiger partial charge in [-0.3, -0.25) is 0 Å². The number of rotatable bonds is 8. The van der Waals surface area contributed by atoms with Crippen molar-refractivity contribution in [3.8, 4) is 18.1 Å². The Kier molecular flexibility index (Phi) is 6.67. The van der Waals surface area contributed by atoms with E-state index in [1.807, 2.05) is 36.4 Å². The van der Waals surface area contributed by atoms with Gasteiger partial charge in [-0.05, 0) is 36.5 Å². The molecule has 0 saturated carbocycles. The Balaban J connectivity index is 2.29. The van der Waals surface area contributed by atoms with Crippen LogP contribution in [0.25, 0.3) is 0 Å². The van der Waals surface area contributed by atoms with Crippen LogP contribution >= 0.6 is 0 Å². The van der Waals surface area contributed by atoms with Crippen LogP contribution in [0.5, 0.6) is 5.75 Å². The van der Waals surface area contributed by atoms with Crippen molar-refractivity contribution in [2.24, 2.45) is 0 Å². The van der Waals surface area contributed by atoms with E-state index in [9.17, 15) is 5.11 Å². The number of terminal acetylenes is 1. The van der Waals surface area contributed by atoms with E-state index in [4.69, 9.17) is 11.2 Å². The normalized spacial score (nSPS) is 14.4. The van der Waals surface area contributed by atoms with Gasteiger partial charge in [0.2, 0.25) is 0 Å². The third-order valence-corrected chi connectivity index (χ3v) is 4.92. The first-order valence-corrected chi connectivity index (χ1v) is 9.04. The molecular weight excluding hydrogens is 308 g/mol. The van der Waals surface area contributed by atoms with Crippen molar-refractivity contribution in [1.82, 2.24) is 0 Å². The molecular formula is C23H28O2. The largest absolute Gasteiger partial charge is 0.497 e. The Morgan fingerprint density at radius 2 is 1.60 bits per heavy atom. The second-order valence-electron chi connectivity index (χ2n) is 6.45. The van der Waals surface area contributed by atoms with Crippen LogP contribution in [0.15, 0.2) is 48.5 Å². The molecule has 132 valence electrons. The van der Waals surface area contributed by atoms with Crippen LogP contribution in [0.2, 0.25) is 0 Å². The lowest BCUT2D eigenvalue weighted by Crippen LogP contribution is -2.25. The predicted molar refractivity (Wildman–Crippen MR) is 104 cm³/mol. The topological polar surface area (TPSA) is 29.5 Å². The number of ether oxygens (including phenoxy) is 1. The van der Waals surface area contributed by atoms with Crippen LogP contribution in [0.1, 0.15) is 62.1 Å². The van der Waals surface area contributed by atoms with Crippen LogP contribution in [-0.4, -0.2) is 12.2 Å². The minimum atomic E-state index is -1.43. The molecule has 0 aliphatic heterocycles. The first-order chi connectivity index (χ1) is 12.1. The molecule has 2 rings (SSSR count). The second kappa shape index (κ2) is 8.74. The number of aliphatic hydroxyl groups is 1. The molecule has 2 nitrogen and oxygen atoms in total. The molecule has 0 spiro atoms. The molecule has 0 heterocycles. The first-order valence-electron chi connectivity index (χ1n) is 9.04. The van der Waals surface area contributed by atoms with Gasteiger partial charge in [0.25, 0.3) is 0 Å². The van der Waals surface area contributed by atoms with Gasteiger partial charge in [0.1, 0.15) is 5.75 Å². The maximum absolute atomic E-state index is 11.1. The van der Waals surface area contributed by atoms with Gasteiger partial charge in [0.05, 0.1) is 7.11 Å². The van der Waals surface area contributed by atoms with Crippen LogP contribution < -0.4 is 4.74 Å². The van der Waals surface area contributed by atoms with Gasteiger partial charge < -0.3 is 9.84 Å². The van der Waals surface area contributed by atoms with Gasteiger partial charge in [0, 0.05) is 11.1 Å². The van der Waals surface area contributed by atoms with Crippen molar-refractivity contribution in [3.63, 3.8) is 0 Å². The Bertz CT molecular complexity index is 694. The highest BCUT2D eigenvalue weighted by atomic mass is 16.5. The fourth-order valence-electron chi connectivity index (χ4n) is 3.22. The molecule has 0 aliphatic carbocycles. The molecule has 2 aromatic rings. The lowest BCUT2D eigenvalue weighted by Gasteiger charge is -2.24. The summed E-state index contributed by atoms with van der Waals surface area (Å²) in [6.07, 6.45) is 10.5. The monoisotopic (exact) mass is 336 g/mol. The SMILES string of the molecule is C#CC(O)(c1ccc(OC)cc1)c1ccc(C(CC)CCCC)cc1. The Hall–Kier alpha value is -2.24. The molecule has 2 aromatic carbocycles. The van der Waals surface area contributed by atoms with E-state index in [0.717, 1.165) is 12.2 Å². The number of hydrogen-bond donors (Lipinski definition) is 1. The van der Waals surface area contributed by atoms with Gasteiger partial charge in [-0.15, -0.1) is 6.42 Å². The molecule has 1 N–H and O–H groups in total. The Morgan fingerprint density at radius 3 is 2.04 bits per heavy atom. The molecule has 2 atom stereocenters. The molecule has 0 saturated heterocycles. The summed E-state index contributed by atoms with van der Waals surface area (Å²) in [5, 5.41) is 11.1. The molecule has 0 aromatic heterocycles. The van der Waals surface area contributed by atoms with E-state index in [-0.39, 0.29) is 0 Å². The average molecular weight is 336 g/mol. The summed E-state index contributed by atoms with van der Waals surface area (Å²) >= 11 is 0. The van der Waals surface area contributed by atoms with Gasteiger partial charge in [-0.2, -0.15) is 0 Å². The molecule has 0 aliphatic rings. The molecule has 2 heteroatoms. The van der Waals surface area contributed by atoms with Crippen LogP contribution in [0.4, 0.5) is 0 Å². The van der Waals surface area contributed by atoms with E-state index in [1.54, 1.807) is 7.11 Å². The zero-order valence-electron chi connectivity index (χ0n) is 15.5. The number of benzene rings is 2. The fraction of sp³-hybridized carbons (Fsp3) is 0.391. The Morgan fingerprint density at radius 1 is 1.04 bits per heavy atom. The van der Waals surface area contributed by atoms with E-state index in [1.165, 1.54) is 24.8 Å². The number of hydrogen-bond acceptors (Lipinski definition) is 2. The fourth-order valence-corrected chi connectivity index (χ4v) is 3.22. The zero-order valence-corrected chi connectivity index (χ0v) is 15.5.